The minimum absolute atomic E-state index is 0.0614. The van der Waals surface area contributed by atoms with Crippen molar-refractivity contribution < 1.29 is 14.6 Å². The fourth-order valence-corrected chi connectivity index (χ4v) is 3.38. The Balaban J connectivity index is 1.87. The molecule has 126 valence electrons. The molecule has 1 N–H and O–H groups in total. The third kappa shape index (κ3) is 2.99. The molecule has 2 heterocycles. The Labute approximate surface area is 141 Å². The van der Waals surface area contributed by atoms with E-state index in [1.54, 1.807) is 43.5 Å². The van der Waals surface area contributed by atoms with Crippen LogP contribution in [0, 0.1) is 0 Å². The summed E-state index contributed by atoms with van der Waals surface area (Å²) in [6.45, 7) is 2.43. The van der Waals surface area contributed by atoms with Crippen molar-refractivity contribution in [3.05, 3.63) is 59.9 Å². The Morgan fingerprint density at radius 2 is 1.92 bits per heavy atom. The monoisotopic (exact) mass is 326 g/mol. The van der Waals surface area contributed by atoms with Gasteiger partial charge in [0.1, 0.15) is 11.4 Å². The molecule has 1 aromatic carbocycles. The molecule has 2 unspecified atom stereocenters. The first kappa shape index (κ1) is 16.5. The van der Waals surface area contributed by atoms with Crippen LogP contribution < -0.4 is 4.74 Å². The molecule has 1 saturated heterocycles. The SMILES string of the molecule is COc1ccc(C(C)(O)C2CCCN2C(=O)c2ccncc2)cc1. The first-order valence-electron chi connectivity index (χ1n) is 8.12. The van der Waals surface area contributed by atoms with E-state index in [1.165, 1.54) is 0 Å². The highest BCUT2D eigenvalue weighted by Gasteiger charge is 2.42. The van der Waals surface area contributed by atoms with Crippen LogP contribution in [-0.2, 0) is 5.60 Å². The Kier molecular flexibility index (Phi) is 4.53. The van der Waals surface area contributed by atoms with Crippen molar-refractivity contribution in [2.75, 3.05) is 13.7 Å². The molecule has 0 aliphatic carbocycles. The van der Waals surface area contributed by atoms with Gasteiger partial charge in [-0.3, -0.25) is 9.78 Å². The number of hydrogen-bond acceptors (Lipinski definition) is 4. The predicted molar refractivity (Wildman–Crippen MR) is 90.9 cm³/mol. The number of nitrogens with zero attached hydrogens (tertiary/aromatic N) is 2. The molecular weight excluding hydrogens is 304 g/mol. The summed E-state index contributed by atoms with van der Waals surface area (Å²) in [5.41, 5.74) is 0.260. The second-order valence-electron chi connectivity index (χ2n) is 6.27. The number of methoxy groups -OCH3 is 1. The Morgan fingerprint density at radius 1 is 1.25 bits per heavy atom. The van der Waals surface area contributed by atoms with Crippen LogP contribution in [0.15, 0.2) is 48.8 Å². The van der Waals surface area contributed by atoms with Gasteiger partial charge in [0.05, 0.1) is 13.2 Å². The molecule has 1 amide bonds. The lowest BCUT2D eigenvalue weighted by Gasteiger charge is -2.37. The van der Waals surface area contributed by atoms with Crippen LogP contribution in [0.2, 0.25) is 0 Å². The average Bonchev–Trinajstić information content (AvgIpc) is 3.12. The van der Waals surface area contributed by atoms with E-state index in [9.17, 15) is 9.90 Å². The number of hydrogen-bond donors (Lipinski definition) is 1. The van der Waals surface area contributed by atoms with Crippen molar-refractivity contribution in [2.45, 2.75) is 31.4 Å². The Hall–Kier alpha value is -2.40. The highest BCUT2D eigenvalue weighted by Crippen LogP contribution is 2.36. The Morgan fingerprint density at radius 3 is 2.54 bits per heavy atom. The highest BCUT2D eigenvalue weighted by molar-refractivity contribution is 5.94. The van der Waals surface area contributed by atoms with Gasteiger partial charge >= 0.3 is 0 Å². The van der Waals surface area contributed by atoms with Crippen LogP contribution in [0.4, 0.5) is 0 Å². The number of benzene rings is 1. The number of aromatic nitrogens is 1. The van der Waals surface area contributed by atoms with Crippen molar-refractivity contribution in [1.29, 1.82) is 0 Å². The van der Waals surface area contributed by atoms with E-state index in [4.69, 9.17) is 4.74 Å². The zero-order valence-corrected chi connectivity index (χ0v) is 14.0. The summed E-state index contributed by atoms with van der Waals surface area (Å²) in [6.07, 6.45) is 4.88. The van der Waals surface area contributed by atoms with Gasteiger partial charge in [0.15, 0.2) is 0 Å². The van der Waals surface area contributed by atoms with Gasteiger partial charge in [0, 0.05) is 24.5 Å². The lowest BCUT2D eigenvalue weighted by atomic mass is 9.86. The van der Waals surface area contributed by atoms with Crippen LogP contribution in [0.5, 0.6) is 5.75 Å². The minimum atomic E-state index is -1.12. The van der Waals surface area contributed by atoms with Gasteiger partial charge in [0.25, 0.3) is 5.91 Å². The summed E-state index contributed by atoms with van der Waals surface area (Å²) in [7, 11) is 1.61. The zero-order valence-electron chi connectivity index (χ0n) is 14.0. The molecule has 0 radical (unpaired) electrons. The van der Waals surface area contributed by atoms with E-state index < -0.39 is 5.60 Å². The van der Waals surface area contributed by atoms with E-state index in [1.807, 2.05) is 24.3 Å². The second-order valence-corrected chi connectivity index (χ2v) is 6.27. The molecular formula is C19H22N2O3. The van der Waals surface area contributed by atoms with Gasteiger partial charge in [-0.2, -0.15) is 0 Å². The summed E-state index contributed by atoms with van der Waals surface area (Å²) in [6, 6.07) is 10.5. The fourth-order valence-electron chi connectivity index (χ4n) is 3.38. The summed E-state index contributed by atoms with van der Waals surface area (Å²) in [5.74, 6) is 0.680. The molecule has 1 fully saturated rings. The summed E-state index contributed by atoms with van der Waals surface area (Å²) >= 11 is 0. The zero-order chi connectivity index (χ0) is 17.2. The molecule has 24 heavy (non-hydrogen) atoms. The number of carbonyl (C=O) groups excluding carboxylic acids is 1. The quantitative estimate of drug-likeness (QED) is 0.938. The lowest BCUT2D eigenvalue weighted by molar-refractivity contribution is -0.0177. The number of amides is 1. The number of likely N-dealkylation sites (tertiary alicyclic amines) is 1. The Bertz CT molecular complexity index is 698. The van der Waals surface area contributed by atoms with Gasteiger partial charge in [0.2, 0.25) is 0 Å². The molecule has 1 aromatic heterocycles. The van der Waals surface area contributed by atoms with Crippen LogP contribution in [0.3, 0.4) is 0 Å². The van der Waals surface area contributed by atoms with E-state index in [2.05, 4.69) is 4.98 Å². The van der Waals surface area contributed by atoms with E-state index in [0.29, 0.717) is 12.1 Å². The van der Waals surface area contributed by atoms with Crippen LogP contribution in [-0.4, -0.2) is 40.6 Å². The number of carbonyl (C=O) groups is 1. The molecule has 5 heteroatoms. The maximum Gasteiger partial charge on any atom is 0.254 e. The lowest BCUT2D eigenvalue weighted by Crippen LogP contribution is -2.48. The standard InChI is InChI=1S/C19H22N2O3/c1-19(23,15-5-7-16(24-2)8-6-15)17-4-3-13-21(17)18(22)14-9-11-20-12-10-14/h5-12,17,23H,3-4,13H2,1-2H3. The van der Waals surface area contributed by atoms with Crippen LogP contribution in [0.25, 0.3) is 0 Å². The largest absolute Gasteiger partial charge is 0.497 e. The molecule has 0 bridgehead atoms. The van der Waals surface area contributed by atoms with Crippen LogP contribution >= 0.6 is 0 Å². The molecule has 2 aromatic rings. The molecule has 3 rings (SSSR count). The summed E-state index contributed by atoms with van der Waals surface area (Å²) in [5, 5.41) is 11.2. The number of ether oxygens (including phenoxy) is 1. The highest BCUT2D eigenvalue weighted by atomic mass is 16.5. The van der Waals surface area contributed by atoms with Crippen molar-refractivity contribution in [2.24, 2.45) is 0 Å². The third-order valence-electron chi connectivity index (χ3n) is 4.76. The van der Waals surface area contributed by atoms with Gasteiger partial charge in [-0.1, -0.05) is 12.1 Å². The topological polar surface area (TPSA) is 62.7 Å². The third-order valence-corrected chi connectivity index (χ3v) is 4.76. The first-order valence-corrected chi connectivity index (χ1v) is 8.12. The maximum atomic E-state index is 12.8. The smallest absolute Gasteiger partial charge is 0.254 e. The molecule has 1 aliphatic rings. The van der Waals surface area contributed by atoms with Crippen molar-refractivity contribution in [3.8, 4) is 5.75 Å². The minimum Gasteiger partial charge on any atom is -0.497 e. The fraction of sp³-hybridized carbons (Fsp3) is 0.368. The molecule has 0 saturated carbocycles. The predicted octanol–water partition coefficient (Wildman–Crippen LogP) is 2.60. The van der Waals surface area contributed by atoms with Gasteiger partial charge in [-0.15, -0.1) is 0 Å². The van der Waals surface area contributed by atoms with E-state index >= 15 is 0 Å². The van der Waals surface area contributed by atoms with Gasteiger partial charge < -0.3 is 14.7 Å². The number of aliphatic hydroxyl groups is 1. The van der Waals surface area contributed by atoms with Crippen molar-refractivity contribution >= 4 is 5.91 Å². The van der Waals surface area contributed by atoms with Crippen molar-refractivity contribution in [1.82, 2.24) is 9.88 Å². The van der Waals surface area contributed by atoms with Crippen molar-refractivity contribution in [3.63, 3.8) is 0 Å². The molecule has 0 spiro atoms. The number of rotatable bonds is 4. The average molecular weight is 326 g/mol. The first-order chi connectivity index (χ1) is 11.5. The number of pyridine rings is 1. The van der Waals surface area contributed by atoms with E-state index in [0.717, 1.165) is 24.2 Å². The summed E-state index contributed by atoms with van der Waals surface area (Å²) in [4.78, 5) is 18.5. The normalized spacial score (nSPS) is 19.8. The van der Waals surface area contributed by atoms with Gasteiger partial charge in [-0.25, -0.2) is 0 Å². The summed E-state index contributed by atoms with van der Waals surface area (Å²) < 4.78 is 5.17. The maximum absolute atomic E-state index is 12.8. The molecule has 5 nitrogen and oxygen atoms in total. The molecule has 2 atom stereocenters. The van der Waals surface area contributed by atoms with E-state index in [-0.39, 0.29) is 11.9 Å². The molecule has 1 aliphatic heterocycles. The van der Waals surface area contributed by atoms with Gasteiger partial charge in [-0.05, 0) is 49.6 Å². The van der Waals surface area contributed by atoms with Crippen LogP contribution in [0.1, 0.15) is 35.7 Å². The second kappa shape index (κ2) is 6.61.